The monoisotopic (exact) mass is 253 g/mol. The Morgan fingerprint density at radius 1 is 1.35 bits per heavy atom. The van der Waals surface area contributed by atoms with Gasteiger partial charge in [-0.2, -0.15) is 0 Å². The highest BCUT2D eigenvalue weighted by Gasteiger charge is 2.25. The molecule has 1 heterocycles. The van der Waals surface area contributed by atoms with Crippen LogP contribution in [0.3, 0.4) is 0 Å². The molecule has 1 aromatic rings. The summed E-state index contributed by atoms with van der Waals surface area (Å²) in [7, 11) is 0. The zero-order chi connectivity index (χ0) is 12.4. The number of carbonyl (C=O) groups is 2. The van der Waals surface area contributed by atoms with Gasteiger partial charge in [0.15, 0.2) is 0 Å². The van der Waals surface area contributed by atoms with Gasteiger partial charge in [-0.1, -0.05) is 13.3 Å². The van der Waals surface area contributed by atoms with Crippen molar-refractivity contribution in [2.24, 2.45) is 5.92 Å². The Hall–Kier alpha value is -1.36. The molecule has 2 unspecified atom stereocenters. The molecule has 17 heavy (non-hydrogen) atoms. The standard InChI is InChI=1S/C12H15NO3S/c1-7-3-2-4-8(7)13-11(14)9-5-6-10(17-9)12(15)16/h5-8H,2-4H2,1H3,(H,13,14)(H,15,16). The van der Waals surface area contributed by atoms with Gasteiger partial charge in [0, 0.05) is 6.04 Å². The molecule has 0 bridgehead atoms. The van der Waals surface area contributed by atoms with Crippen LogP contribution in [0.4, 0.5) is 0 Å². The molecule has 1 aliphatic rings. The second-order valence-electron chi connectivity index (χ2n) is 4.46. The summed E-state index contributed by atoms with van der Waals surface area (Å²) in [4.78, 5) is 23.3. The molecule has 1 fully saturated rings. The first kappa shape index (κ1) is 12.1. The molecule has 1 aliphatic carbocycles. The van der Waals surface area contributed by atoms with Gasteiger partial charge < -0.3 is 10.4 Å². The lowest BCUT2D eigenvalue weighted by Gasteiger charge is -2.16. The molecule has 1 aromatic heterocycles. The van der Waals surface area contributed by atoms with Crippen LogP contribution in [-0.4, -0.2) is 23.0 Å². The molecule has 0 spiro atoms. The van der Waals surface area contributed by atoms with E-state index in [4.69, 9.17) is 5.11 Å². The Morgan fingerprint density at radius 3 is 2.59 bits per heavy atom. The SMILES string of the molecule is CC1CCCC1NC(=O)c1ccc(C(=O)O)s1. The number of aromatic carboxylic acids is 1. The second kappa shape index (κ2) is 4.87. The van der Waals surface area contributed by atoms with Gasteiger partial charge in [-0.25, -0.2) is 4.79 Å². The van der Waals surface area contributed by atoms with Crippen molar-refractivity contribution in [2.75, 3.05) is 0 Å². The molecule has 92 valence electrons. The summed E-state index contributed by atoms with van der Waals surface area (Å²) >= 11 is 1.02. The largest absolute Gasteiger partial charge is 0.477 e. The number of hydrogen-bond donors (Lipinski definition) is 2. The Kier molecular flexibility index (Phi) is 3.47. The van der Waals surface area contributed by atoms with Crippen molar-refractivity contribution in [3.8, 4) is 0 Å². The van der Waals surface area contributed by atoms with Crippen molar-refractivity contribution in [1.29, 1.82) is 0 Å². The highest BCUT2D eigenvalue weighted by atomic mass is 32.1. The molecule has 1 saturated carbocycles. The van der Waals surface area contributed by atoms with Crippen LogP contribution in [-0.2, 0) is 0 Å². The van der Waals surface area contributed by atoms with Gasteiger partial charge in [-0.05, 0) is 30.9 Å². The summed E-state index contributed by atoms with van der Waals surface area (Å²) in [6, 6.07) is 3.28. The minimum Gasteiger partial charge on any atom is -0.477 e. The minimum absolute atomic E-state index is 0.152. The predicted molar refractivity (Wildman–Crippen MR) is 65.5 cm³/mol. The Balaban J connectivity index is 2.01. The fraction of sp³-hybridized carbons (Fsp3) is 0.500. The lowest BCUT2D eigenvalue weighted by Crippen LogP contribution is -2.35. The summed E-state index contributed by atoms with van der Waals surface area (Å²) in [5, 5.41) is 11.8. The number of amides is 1. The Bertz CT molecular complexity index is 441. The molecule has 0 aliphatic heterocycles. The smallest absolute Gasteiger partial charge is 0.345 e. The quantitative estimate of drug-likeness (QED) is 0.869. The zero-order valence-electron chi connectivity index (χ0n) is 9.60. The van der Waals surface area contributed by atoms with E-state index in [1.54, 1.807) is 6.07 Å². The van der Waals surface area contributed by atoms with E-state index >= 15 is 0 Å². The molecule has 2 atom stereocenters. The summed E-state index contributed by atoms with van der Waals surface area (Å²) in [5.74, 6) is -0.623. The van der Waals surface area contributed by atoms with Gasteiger partial charge >= 0.3 is 5.97 Å². The summed E-state index contributed by atoms with van der Waals surface area (Å²) in [5.41, 5.74) is 0. The first-order valence-corrected chi connectivity index (χ1v) is 6.53. The molecule has 2 N–H and O–H groups in total. The topological polar surface area (TPSA) is 66.4 Å². The maximum absolute atomic E-state index is 11.9. The van der Waals surface area contributed by atoms with Crippen molar-refractivity contribution >= 4 is 23.2 Å². The molecule has 5 heteroatoms. The molecule has 1 amide bonds. The van der Waals surface area contributed by atoms with Crippen LogP contribution in [0.2, 0.25) is 0 Å². The Morgan fingerprint density at radius 2 is 2.06 bits per heavy atom. The van der Waals surface area contributed by atoms with E-state index in [1.807, 2.05) is 0 Å². The van der Waals surface area contributed by atoms with E-state index in [1.165, 1.54) is 6.07 Å². The van der Waals surface area contributed by atoms with Crippen LogP contribution in [0.25, 0.3) is 0 Å². The molecule has 4 nitrogen and oxygen atoms in total. The molecule has 2 rings (SSSR count). The maximum atomic E-state index is 11.9. The Labute approximate surface area is 104 Å². The van der Waals surface area contributed by atoms with E-state index < -0.39 is 5.97 Å². The molecular weight excluding hydrogens is 238 g/mol. The van der Waals surface area contributed by atoms with Crippen LogP contribution >= 0.6 is 11.3 Å². The van der Waals surface area contributed by atoms with Gasteiger partial charge in [0.1, 0.15) is 4.88 Å². The van der Waals surface area contributed by atoms with Gasteiger partial charge in [0.2, 0.25) is 0 Å². The maximum Gasteiger partial charge on any atom is 0.345 e. The minimum atomic E-state index is -0.983. The number of carbonyl (C=O) groups excluding carboxylic acids is 1. The van der Waals surface area contributed by atoms with Gasteiger partial charge in [0.25, 0.3) is 5.91 Å². The third-order valence-electron chi connectivity index (χ3n) is 3.22. The summed E-state index contributed by atoms with van der Waals surface area (Å²) in [6.45, 7) is 2.13. The highest BCUT2D eigenvalue weighted by molar-refractivity contribution is 7.15. The van der Waals surface area contributed by atoms with Crippen molar-refractivity contribution in [3.63, 3.8) is 0 Å². The lowest BCUT2D eigenvalue weighted by atomic mass is 10.1. The number of carboxylic acid groups (broad SMARTS) is 1. The summed E-state index contributed by atoms with van der Waals surface area (Å²) < 4.78 is 0. The van der Waals surface area contributed by atoms with Crippen molar-refractivity contribution in [2.45, 2.75) is 32.2 Å². The molecule has 0 aromatic carbocycles. The number of hydrogen-bond acceptors (Lipinski definition) is 3. The van der Waals surface area contributed by atoms with Crippen LogP contribution in [0.1, 0.15) is 45.5 Å². The normalized spacial score (nSPS) is 23.6. The first-order valence-electron chi connectivity index (χ1n) is 5.72. The first-order chi connectivity index (χ1) is 8.08. The number of nitrogens with one attached hydrogen (secondary N) is 1. The fourth-order valence-electron chi connectivity index (χ4n) is 2.17. The van der Waals surface area contributed by atoms with Gasteiger partial charge in [-0.15, -0.1) is 11.3 Å². The van der Waals surface area contributed by atoms with E-state index in [9.17, 15) is 9.59 Å². The van der Waals surface area contributed by atoms with Gasteiger partial charge in [0.05, 0.1) is 4.88 Å². The van der Waals surface area contributed by atoms with E-state index in [2.05, 4.69) is 12.2 Å². The van der Waals surface area contributed by atoms with E-state index in [-0.39, 0.29) is 16.8 Å². The van der Waals surface area contributed by atoms with E-state index in [0.717, 1.165) is 30.6 Å². The highest BCUT2D eigenvalue weighted by Crippen LogP contribution is 2.25. The number of rotatable bonds is 3. The average molecular weight is 253 g/mol. The van der Waals surface area contributed by atoms with Crippen molar-refractivity contribution < 1.29 is 14.7 Å². The number of thiophene rings is 1. The van der Waals surface area contributed by atoms with Gasteiger partial charge in [-0.3, -0.25) is 4.79 Å². The third kappa shape index (κ3) is 2.66. The zero-order valence-corrected chi connectivity index (χ0v) is 10.4. The van der Waals surface area contributed by atoms with Crippen molar-refractivity contribution in [1.82, 2.24) is 5.32 Å². The molecule has 0 saturated heterocycles. The summed E-state index contributed by atoms with van der Waals surface area (Å²) in [6.07, 6.45) is 3.32. The van der Waals surface area contributed by atoms with E-state index in [0.29, 0.717) is 10.8 Å². The lowest BCUT2D eigenvalue weighted by molar-refractivity contribution is 0.0702. The van der Waals surface area contributed by atoms with Crippen LogP contribution in [0.5, 0.6) is 0 Å². The third-order valence-corrected chi connectivity index (χ3v) is 4.29. The van der Waals surface area contributed by atoms with Crippen LogP contribution < -0.4 is 5.32 Å². The van der Waals surface area contributed by atoms with Crippen molar-refractivity contribution in [3.05, 3.63) is 21.9 Å². The van der Waals surface area contributed by atoms with Crippen LogP contribution in [0, 0.1) is 5.92 Å². The van der Waals surface area contributed by atoms with Crippen LogP contribution in [0.15, 0.2) is 12.1 Å². The molecular formula is C12H15NO3S. The average Bonchev–Trinajstić information content (AvgIpc) is 2.88. The molecule has 0 radical (unpaired) electrons. The predicted octanol–water partition coefficient (Wildman–Crippen LogP) is 2.36. The fourth-order valence-corrected chi connectivity index (χ4v) is 2.92. The number of carboxylic acids is 1. The second-order valence-corrected chi connectivity index (χ2v) is 5.54.